The molecule has 0 radical (unpaired) electrons. The molecule has 1 rings (SSSR count). The van der Waals surface area contributed by atoms with Crippen LogP contribution in [0.15, 0.2) is 18.3 Å². The number of ether oxygens (including phenoxy) is 1. The molecule has 118 valence electrons. The molecular formula is C16H21N3O3. The van der Waals surface area contributed by atoms with E-state index in [0.717, 1.165) is 5.69 Å². The van der Waals surface area contributed by atoms with Crippen LogP contribution in [0.4, 0.5) is 0 Å². The molecule has 0 aromatic carbocycles. The van der Waals surface area contributed by atoms with Crippen molar-refractivity contribution < 1.29 is 14.3 Å². The highest BCUT2D eigenvalue weighted by atomic mass is 16.5. The van der Waals surface area contributed by atoms with Gasteiger partial charge < -0.3 is 10.1 Å². The van der Waals surface area contributed by atoms with Gasteiger partial charge in [0.05, 0.1) is 11.6 Å². The van der Waals surface area contributed by atoms with Gasteiger partial charge in [-0.25, -0.2) is 4.79 Å². The van der Waals surface area contributed by atoms with Crippen molar-refractivity contribution >= 4 is 11.9 Å². The number of carbonyl (C=O) groups is 2. The van der Waals surface area contributed by atoms with E-state index in [0.29, 0.717) is 0 Å². The lowest BCUT2D eigenvalue weighted by Gasteiger charge is -2.28. The first kappa shape index (κ1) is 17.6. The first-order chi connectivity index (χ1) is 10.2. The molecule has 0 saturated heterocycles. The number of nitrogens with zero attached hydrogens (tertiary/aromatic N) is 2. The number of aryl methyl sites for hydroxylation is 1. The molecule has 1 heterocycles. The molecule has 0 bridgehead atoms. The Bertz CT molecular complexity index is 590. The van der Waals surface area contributed by atoms with Gasteiger partial charge in [-0.05, 0) is 38.8 Å². The fourth-order valence-corrected chi connectivity index (χ4v) is 1.53. The van der Waals surface area contributed by atoms with Crippen LogP contribution in [-0.2, 0) is 9.53 Å². The largest absolute Gasteiger partial charge is 0.449 e. The van der Waals surface area contributed by atoms with E-state index in [1.165, 1.54) is 13.1 Å². The summed E-state index contributed by atoms with van der Waals surface area (Å²) in [4.78, 5) is 28.0. The van der Waals surface area contributed by atoms with Crippen LogP contribution in [-0.4, -0.2) is 28.5 Å². The van der Waals surface area contributed by atoms with Crippen LogP contribution in [0.1, 0.15) is 43.7 Å². The summed E-state index contributed by atoms with van der Waals surface area (Å²) in [7, 11) is 0. The normalized spacial score (nSPS) is 14.6. The first-order valence-corrected chi connectivity index (χ1v) is 7.06. The van der Waals surface area contributed by atoms with Crippen LogP contribution in [0.5, 0.6) is 0 Å². The SMILES string of the molecule is Cc1ccc(C(=O)O[C@@H](C)C(=O)N[C@@](C)(C#N)C(C)C)cn1. The fraction of sp³-hybridized carbons (Fsp3) is 0.500. The van der Waals surface area contributed by atoms with Gasteiger partial charge in [0, 0.05) is 11.9 Å². The van der Waals surface area contributed by atoms with Gasteiger partial charge in [0.1, 0.15) is 5.54 Å². The number of nitrogens with one attached hydrogen (secondary N) is 1. The van der Waals surface area contributed by atoms with E-state index in [4.69, 9.17) is 4.74 Å². The van der Waals surface area contributed by atoms with Gasteiger partial charge in [-0.3, -0.25) is 9.78 Å². The first-order valence-electron chi connectivity index (χ1n) is 7.06. The molecule has 0 aliphatic rings. The summed E-state index contributed by atoms with van der Waals surface area (Å²) in [6.45, 7) is 8.57. The second-order valence-electron chi connectivity index (χ2n) is 5.69. The van der Waals surface area contributed by atoms with Crippen molar-refractivity contribution in [3.63, 3.8) is 0 Å². The third-order valence-electron chi connectivity index (χ3n) is 3.57. The Morgan fingerprint density at radius 2 is 2.00 bits per heavy atom. The number of nitriles is 1. The Balaban J connectivity index is 2.70. The standard InChI is InChI=1S/C16H21N3O3/c1-10(2)16(5,9-17)19-14(20)12(4)22-15(21)13-7-6-11(3)18-8-13/h6-8,10,12H,1-5H3,(H,19,20)/t12-,16-/m0/s1. The molecule has 2 atom stereocenters. The minimum absolute atomic E-state index is 0.0781. The maximum atomic E-state index is 12.1. The maximum Gasteiger partial charge on any atom is 0.340 e. The van der Waals surface area contributed by atoms with Crippen molar-refractivity contribution in [2.45, 2.75) is 46.3 Å². The summed E-state index contributed by atoms with van der Waals surface area (Å²) in [6, 6.07) is 5.35. The Hall–Kier alpha value is -2.42. The average Bonchev–Trinajstić information content (AvgIpc) is 2.47. The third-order valence-corrected chi connectivity index (χ3v) is 3.57. The smallest absolute Gasteiger partial charge is 0.340 e. The zero-order chi connectivity index (χ0) is 16.9. The monoisotopic (exact) mass is 303 g/mol. The van der Waals surface area contributed by atoms with Crippen molar-refractivity contribution in [1.82, 2.24) is 10.3 Å². The predicted molar refractivity (Wildman–Crippen MR) is 80.9 cm³/mol. The summed E-state index contributed by atoms with van der Waals surface area (Å²) in [5, 5.41) is 11.8. The van der Waals surface area contributed by atoms with Crippen LogP contribution in [0.25, 0.3) is 0 Å². The lowest BCUT2D eigenvalue weighted by molar-refractivity contribution is -0.130. The Morgan fingerprint density at radius 1 is 1.36 bits per heavy atom. The topological polar surface area (TPSA) is 92.1 Å². The fourth-order valence-electron chi connectivity index (χ4n) is 1.53. The predicted octanol–water partition coefficient (Wildman–Crippen LogP) is 1.99. The summed E-state index contributed by atoms with van der Waals surface area (Å²) in [5.74, 6) is -1.21. The molecule has 0 fully saturated rings. The van der Waals surface area contributed by atoms with E-state index >= 15 is 0 Å². The number of pyridine rings is 1. The molecule has 1 N–H and O–H groups in total. The lowest BCUT2D eigenvalue weighted by Crippen LogP contribution is -2.52. The van der Waals surface area contributed by atoms with E-state index < -0.39 is 23.5 Å². The number of amides is 1. The van der Waals surface area contributed by atoms with Crippen LogP contribution >= 0.6 is 0 Å². The highest BCUT2D eigenvalue weighted by Crippen LogP contribution is 2.15. The molecule has 1 aromatic heterocycles. The van der Waals surface area contributed by atoms with Gasteiger partial charge in [0.2, 0.25) is 0 Å². The molecule has 0 unspecified atom stereocenters. The third kappa shape index (κ3) is 4.29. The van der Waals surface area contributed by atoms with Crippen molar-refractivity contribution in [2.24, 2.45) is 5.92 Å². The number of rotatable bonds is 5. The number of carbonyl (C=O) groups excluding carboxylic acids is 2. The molecule has 6 heteroatoms. The summed E-state index contributed by atoms with van der Waals surface area (Å²) < 4.78 is 5.11. The second-order valence-corrected chi connectivity index (χ2v) is 5.69. The Kier molecular flexibility index (Phi) is 5.63. The zero-order valence-corrected chi connectivity index (χ0v) is 13.5. The quantitative estimate of drug-likeness (QED) is 0.840. The zero-order valence-electron chi connectivity index (χ0n) is 13.5. The van der Waals surface area contributed by atoms with Gasteiger partial charge in [-0.15, -0.1) is 0 Å². The van der Waals surface area contributed by atoms with Gasteiger partial charge in [0.25, 0.3) is 5.91 Å². The van der Waals surface area contributed by atoms with Crippen molar-refractivity contribution in [1.29, 1.82) is 5.26 Å². The van der Waals surface area contributed by atoms with Crippen LogP contribution in [0.3, 0.4) is 0 Å². The molecule has 6 nitrogen and oxygen atoms in total. The van der Waals surface area contributed by atoms with Crippen molar-refractivity contribution in [3.05, 3.63) is 29.6 Å². The van der Waals surface area contributed by atoms with Crippen molar-refractivity contribution in [2.75, 3.05) is 0 Å². The highest BCUT2D eigenvalue weighted by Gasteiger charge is 2.32. The second kappa shape index (κ2) is 7.03. The lowest BCUT2D eigenvalue weighted by atomic mass is 9.90. The van der Waals surface area contributed by atoms with Crippen LogP contribution in [0, 0.1) is 24.2 Å². The maximum absolute atomic E-state index is 12.1. The molecular weight excluding hydrogens is 282 g/mol. The summed E-state index contributed by atoms with van der Waals surface area (Å²) in [5.41, 5.74) is 0.0459. The number of hydrogen-bond donors (Lipinski definition) is 1. The highest BCUT2D eigenvalue weighted by molar-refractivity contribution is 5.92. The summed E-state index contributed by atoms with van der Waals surface area (Å²) in [6.07, 6.45) is 0.399. The van der Waals surface area contributed by atoms with Crippen LogP contribution in [0.2, 0.25) is 0 Å². The van der Waals surface area contributed by atoms with Gasteiger partial charge >= 0.3 is 5.97 Å². The average molecular weight is 303 g/mol. The molecule has 0 saturated carbocycles. The van der Waals surface area contributed by atoms with Gasteiger partial charge in [-0.2, -0.15) is 5.26 Å². The Morgan fingerprint density at radius 3 is 2.45 bits per heavy atom. The van der Waals surface area contributed by atoms with E-state index in [2.05, 4.69) is 16.4 Å². The number of aromatic nitrogens is 1. The van der Waals surface area contributed by atoms with E-state index in [1.54, 1.807) is 26.0 Å². The van der Waals surface area contributed by atoms with Crippen LogP contribution < -0.4 is 5.32 Å². The molecule has 0 aliphatic carbocycles. The molecule has 1 amide bonds. The number of esters is 1. The van der Waals surface area contributed by atoms with E-state index in [-0.39, 0.29) is 11.5 Å². The molecule has 0 spiro atoms. The van der Waals surface area contributed by atoms with Crippen molar-refractivity contribution in [3.8, 4) is 6.07 Å². The molecule has 0 aliphatic heterocycles. The molecule has 22 heavy (non-hydrogen) atoms. The van der Waals surface area contributed by atoms with E-state index in [9.17, 15) is 14.9 Å². The van der Waals surface area contributed by atoms with Gasteiger partial charge in [0.15, 0.2) is 6.10 Å². The number of hydrogen-bond acceptors (Lipinski definition) is 5. The Labute approximate surface area is 130 Å². The molecule has 1 aromatic rings. The summed E-state index contributed by atoms with van der Waals surface area (Å²) >= 11 is 0. The van der Waals surface area contributed by atoms with Gasteiger partial charge in [-0.1, -0.05) is 13.8 Å². The van der Waals surface area contributed by atoms with E-state index in [1.807, 2.05) is 13.8 Å². The minimum Gasteiger partial charge on any atom is -0.449 e. The minimum atomic E-state index is -1.01.